The third-order valence-corrected chi connectivity index (χ3v) is 2.32. The van der Waals surface area contributed by atoms with Crippen LogP contribution in [0.25, 0.3) is 0 Å². The van der Waals surface area contributed by atoms with Crippen LogP contribution in [0.2, 0.25) is 0 Å². The summed E-state index contributed by atoms with van der Waals surface area (Å²) in [7, 11) is 0. The third-order valence-electron chi connectivity index (χ3n) is 2.32. The molecule has 0 saturated heterocycles. The summed E-state index contributed by atoms with van der Waals surface area (Å²) >= 11 is 0. The molecule has 18 heavy (non-hydrogen) atoms. The Bertz CT molecular complexity index is 343. The van der Waals surface area contributed by atoms with Gasteiger partial charge in [0.25, 0.3) is 0 Å². The topological polar surface area (TPSA) is 73.6 Å². The van der Waals surface area contributed by atoms with Gasteiger partial charge < -0.3 is 20.5 Å². The predicted molar refractivity (Wildman–Crippen MR) is 69.1 cm³/mol. The smallest absolute Gasteiger partial charge is 0.404 e. The van der Waals surface area contributed by atoms with E-state index >= 15 is 0 Å². The van der Waals surface area contributed by atoms with E-state index in [-0.39, 0.29) is 6.10 Å². The summed E-state index contributed by atoms with van der Waals surface area (Å²) in [6, 6.07) is 9.82. The van der Waals surface area contributed by atoms with Crippen molar-refractivity contribution in [3.8, 4) is 0 Å². The van der Waals surface area contributed by atoms with Gasteiger partial charge in [0.1, 0.15) is 6.10 Å². The van der Waals surface area contributed by atoms with Gasteiger partial charge in [0.15, 0.2) is 0 Å². The monoisotopic (exact) mass is 252 g/mol. The first-order valence-corrected chi connectivity index (χ1v) is 6.00. The minimum absolute atomic E-state index is 0.324. The fraction of sp³-hybridized carbons (Fsp3) is 0.462. The first kappa shape index (κ1) is 14.5. The molecule has 0 fully saturated rings. The van der Waals surface area contributed by atoms with Gasteiger partial charge in [-0.2, -0.15) is 0 Å². The highest BCUT2D eigenvalue weighted by molar-refractivity contribution is 5.64. The van der Waals surface area contributed by atoms with Crippen molar-refractivity contribution >= 4 is 6.09 Å². The number of amides is 1. The van der Waals surface area contributed by atoms with Gasteiger partial charge in [-0.3, -0.25) is 0 Å². The van der Waals surface area contributed by atoms with Crippen LogP contribution in [0, 0.1) is 0 Å². The van der Waals surface area contributed by atoms with Gasteiger partial charge >= 0.3 is 6.09 Å². The van der Waals surface area contributed by atoms with E-state index in [1.807, 2.05) is 37.3 Å². The second-order valence-electron chi connectivity index (χ2n) is 3.87. The normalized spacial score (nSPS) is 12.1. The van der Waals surface area contributed by atoms with Gasteiger partial charge in [-0.05, 0) is 12.1 Å². The molecule has 0 radical (unpaired) electrons. The van der Waals surface area contributed by atoms with E-state index in [2.05, 4.69) is 5.32 Å². The Morgan fingerprint density at radius 2 is 2.11 bits per heavy atom. The third kappa shape index (κ3) is 6.22. The van der Waals surface area contributed by atoms with Crippen molar-refractivity contribution < 1.29 is 14.3 Å². The fourth-order valence-corrected chi connectivity index (χ4v) is 1.49. The lowest BCUT2D eigenvalue weighted by molar-refractivity contribution is 0.0173. The average Bonchev–Trinajstić information content (AvgIpc) is 2.36. The molecule has 0 aliphatic heterocycles. The van der Waals surface area contributed by atoms with Crippen LogP contribution < -0.4 is 11.1 Å². The number of nitrogens with one attached hydrogen (secondary N) is 1. The van der Waals surface area contributed by atoms with Crippen molar-refractivity contribution in [1.82, 2.24) is 5.32 Å². The summed E-state index contributed by atoms with van der Waals surface area (Å²) in [5.41, 5.74) is 6.09. The van der Waals surface area contributed by atoms with Crippen LogP contribution in [0.4, 0.5) is 4.79 Å². The van der Waals surface area contributed by atoms with Crippen LogP contribution in [0.3, 0.4) is 0 Å². The number of carbonyl (C=O) groups is 1. The Morgan fingerprint density at radius 3 is 2.72 bits per heavy atom. The van der Waals surface area contributed by atoms with Gasteiger partial charge in [0, 0.05) is 6.54 Å². The van der Waals surface area contributed by atoms with Crippen LogP contribution >= 0.6 is 0 Å². The van der Waals surface area contributed by atoms with Crippen molar-refractivity contribution in [3.63, 3.8) is 0 Å². The number of primary amides is 1. The van der Waals surface area contributed by atoms with Crippen LogP contribution in [0.1, 0.15) is 12.5 Å². The predicted octanol–water partition coefficient (Wildman–Crippen LogP) is 1.28. The number of carbonyl (C=O) groups excluding carboxylic acids is 1. The first-order valence-electron chi connectivity index (χ1n) is 6.00. The summed E-state index contributed by atoms with van der Waals surface area (Å²) in [5, 5.41) is 3.09. The zero-order valence-corrected chi connectivity index (χ0v) is 10.6. The number of nitrogens with two attached hydrogens (primary N) is 1. The Morgan fingerprint density at radius 1 is 1.39 bits per heavy atom. The molecule has 5 nitrogen and oxygen atoms in total. The van der Waals surface area contributed by atoms with E-state index in [1.54, 1.807) is 0 Å². The van der Waals surface area contributed by atoms with E-state index < -0.39 is 6.09 Å². The maximum Gasteiger partial charge on any atom is 0.404 e. The maximum absolute atomic E-state index is 10.7. The SMILES string of the molecule is CCNCC(COCc1ccccc1)OC(N)=O. The molecule has 0 spiro atoms. The van der Waals surface area contributed by atoms with Crippen LogP contribution in [-0.2, 0) is 16.1 Å². The largest absolute Gasteiger partial charge is 0.443 e. The second-order valence-corrected chi connectivity index (χ2v) is 3.87. The van der Waals surface area contributed by atoms with E-state index in [9.17, 15) is 4.79 Å². The lowest BCUT2D eigenvalue weighted by atomic mass is 10.2. The van der Waals surface area contributed by atoms with Gasteiger partial charge in [0.2, 0.25) is 0 Å². The maximum atomic E-state index is 10.7. The highest BCUT2D eigenvalue weighted by Crippen LogP contribution is 2.02. The van der Waals surface area contributed by atoms with Crippen molar-refractivity contribution in [2.45, 2.75) is 19.6 Å². The highest BCUT2D eigenvalue weighted by atomic mass is 16.6. The Hall–Kier alpha value is -1.59. The number of likely N-dealkylation sites (N-methyl/N-ethyl adjacent to an activating group) is 1. The first-order chi connectivity index (χ1) is 8.72. The molecule has 0 aromatic heterocycles. The highest BCUT2D eigenvalue weighted by Gasteiger charge is 2.12. The molecule has 1 aromatic carbocycles. The average molecular weight is 252 g/mol. The minimum atomic E-state index is -0.777. The zero-order valence-electron chi connectivity index (χ0n) is 10.6. The Labute approximate surface area is 107 Å². The lowest BCUT2D eigenvalue weighted by Crippen LogP contribution is -2.36. The summed E-state index contributed by atoms with van der Waals surface area (Å²) in [5.74, 6) is 0. The molecule has 0 heterocycles. The molecule has 1 unspecified atom stereocenters. The van der Waals surface area contributed by atoms with Crippen molar-refractivity contribution in [3.05, 3.63) is 35.9 Å². The quantitative estimate of drug-likeness (QED) is 0.731. The van der Waals surface area contributed by atoms with E-state index in [0.717, 1.165) is 12.1 Å². The molecule has 100 valence electrons. The molecular formula is C13H20N2O3. The van der Waals surface area contributed by atoms with Gasteiger partial charge in [-0.1, -0.05) is 37.3 Å². The molecule has 1 amide bonds. The zero-order chi connectivity index (χ0) is 13.2. The molecule has 3 N–H and O–H groups in total. The van der Waals surface area contributed by atoms with Crippen molar-refractivity contribution in [2.75, 3.05) is 19.7 Å². The van der Waals surface area contributed by atoms with Gasteiger partial charge in [-0.15, -0.1) is 0 Å². The van der Waals surface area contributed by atoms with Gasteiger partial charge in [0.05, 0.1) is 13.2 Å². The summed E-state index contributed by atoms with van der Waals surface area (Å²) < 4.78 is 10.4. The molecule has 0 aliphatic rings. The molecule has 0 bridgehead atoms. The molecule has 1 aromatic rings. The summed E-state index contributed by atoms with van der Waals surface area (Å²) in [6.07, 6.45) is -1.13. The van der Waals surface area contributed by atoms with Crippen LogP contribution in [-0.4, -0.2) is 31.9 Å². The molecular weight excluding hydrogens is 232 g/mol. The molecule has 0 aliphatic carbocycles. The van der Waals surface area contributed by atoms with Crippen LogP contribution in [0.5, 0.6) is 0 Å². The Kier molecular flexibility index (Phi) is 6.83. The number of hydrogen-bond acceptors (Lipinski definition) is 4. The van der Waals surface area contributed by atoms with E-state index in [4.69, 9.17) is 15.2 Å². The Balaban J connectivity index is 2.30. The second kappa shape index (κ2) is 8.49. The summed E-state index contributed by atoms with van der Waals surface area (Å²) in [4.78, 5) is 10.7. The van der Waals surface area contributed by atoms with Crippen molar-refractivity contribution in [1.29, 1.82) is 0 Å². The molecule has 1 rings (SSSR count). The number of rotatable bonds is 8. The van der Waals surface area contributed by atoms with Crippen molar-refractivity contribution in [2.24, 2.45) is 5.73 Å². The number of hydrogen-bond donors (Lipinski definition) is 2. The summed E-state index contributed by atoms with van der Waals surface area (Å²) in [6.45, 7) is 4.13. The van der Waals surface area contributed by atoms with E-state index in [1.165, 1.54) is 0 Å². The molecule has 5 heteroatoms. The number of benzene rings is 1. The minimum Gasteiger partial charge on any atom is -0.443 e. The van der Waals surface area contributed by atoms with Gasteiger partial charge in [-0.25, -0.2) is 4.79 Å². The molecule has 1 atom stereocenters. The molecule has 0 saturated carbocycles. The fourth-order valence-electron chi connectivity index (χ4n) is 1.49. The van der Waals surface area contributed by atoms with Crippen LogP contribution in [0.15, 0.2) is 30.3 Å². The lowest BCUT2D eigenvalue weighted by Gasteiger charge is -2.17. The van der Waals surface area contributed by atoms with E-state index in [0.29, 0.717) is 19.8 Å². The number of ether oxygens (including phenoxy) is 2. The standard InChI is InChI=1S/C13H20N2O3/c1-2-15-8-12(18-13(14)16)10-17-9-11-6-4-3-5-7-11/h3-7,12,15H,2,8-10H2,1H3,(H2,14,16).